The number of para-hydroxylation sites is 1. The molecule has 0 saturated carbocycles. The van der Waals surface area contributed by atoms with Crippen LogP contribution in [0, 0.1) is 18.2 Å². The second-order valence-corrected chi connectivity index (χ2v) is 5.14. The van der Waals surface area contributed by atoms with Gasteiger partial charge in [0.25, 0.3) is 11.8 Å². The molecule has 1 saturated heterocycles. The first-order chi connectivity index (χ1) is 11.5. The number of rotatable bonds is 2. The van der Waals surface area contributed by atoms with Crippen LogP contribution in [0.3, 0.4) is 0 Å². The number of hydrogen-bond acceptors (Lipinski definition) is 4. The molecule has 0 spiro atoms. The fraction of sp³-hybridized carbons (Fsp3) is 0. The molecule has 2 heterocycles. The number of furan rings is 1. The predicted octanol–water partition coefficient (Wildman–Crippen LogP) is 2.23. The van der Waals surface area contributed by atoms with Crippen LogP contribution in [0.5, 0.6) is 0 Å². The number of carbonyl (C=O) groups excluding carboxylic acids is 2. The molecule has 1 N–H and O–H groups in total. The maximum Gasteiger partial charge on any atom is 0.270 e. The van der Waals surface area contributed by atoms with Gasteiger partial charge in [0.05, 0.1) is 5.69 Å². The van der Waals surface area contributed by atoms with Crippen molar-refractivity contribution in [2.24, 2.45) is 0 Å². The summed E-state index contributed by atoms with van der Waals surface area (Å²) in [5.74, 6) is 0.678. The quantitative estimate of drug-likeness (QED) is 0.394. The third-order valence-electron chi connectivity index (χ3n) is 3.25. The van der Waals surface area contributed by atoms with Crippen LogP contribution >= 0.6 is 12.2 Å². The van der Waals surface area contributed by atoms with Crippen molar-refractivity contribution < 1.29 is 18.4 Å². The number of halogens is 1. The van der Waals surface area contributed by atoms with E-state index in [1.807, 2.05) is 0 Å². The van der Waals surface area contributed by atoms with Gasteiger partial charge in [-0.1, -0.05) is 12.1 Å². The Morgan fingerprint density at radius 1 is 1.25 bits per heavy atom. The molecule has 0 aliphatic carbocycles. The van der Waals surface area contributed by atoms with Gasteiger partial charge in [0.1, 0.15) is 17.2 Å². The van der Waals surface area contributed by atoms with Crippen LogP contribution in [-0.2, 0) is 9.59 Å². The van der Waals surface area contributed by atoms with Crippen molar-refractivity contribution in [2.45, 2.75) is 0 Å². The average molecular weight is 340 g/mol. The molecule has 1 aliphatic rings. The van der Waals surface area contributed by atoms with Gasteiger partial charge in [0.2, 0.25) is 0 Å². The van der Waals surface area contributed by atoms with Crippen LogP contribution in [0.15, 0.2) is 46.4 Å². The van der Waals surface area contributed by atoms with E-state index < -0.39 is 17.6 Å². The largest absolute Gasteiger partial charge is 0.448 e. The highest BCUT2D eigenvalue weighted by Gasteiger charge is 2.35. The summed E-state index contributed by atoms with van der Waals surface area (Å²) in [6.45, 7) is 0. The Morgan fingerprint density at radius 2 is 2.00 bits per heavy atom. The topological polar surface area (TPSA) is 62.6 Å². The number of thiocarbonyl (C=S) groups is 1. The van der Waals surface area contributed by atoms with E-state index in [-0.39, 0.29) is 27.9 Å². The molecule has 2 aromatic rings. The van der Waals surface area contributed by atoms with Gasteiger partial charge < -0.3 is 4.42 Å². The lowest BCUT2D eigenvalue weighted by Gasteiger charge is -2.28. The smallest absolute Gasteiger partial charge is 0.270 e. The monoisotopic (exact) mass is 340 g/mol. The summed E-state index contributed by atoms with van der Waals surface area (Å²) >= 11 is 4.99. The maximum absolute atomic E-state index is 14.0. The van der Waals surface area contributed by atoms with Crippen molar-refractivity contribution in [3.63, 3.8) is 0 Å². The highest BCUT2D eigenvalue weighted by atomic mass is 32.1. The average Bonchev–Trinajstić information content (AvgIpc) is 3.01. The van der Waals surface area contributed by atoms with Gasteiger partial charge >= 0.3 is 0 Å². The second-order valence-electron chi connectivity index (χ2n) is 4.76. The number of hydrogen-bond donors (Lipinski definition) is 1. The molecule has 0 bridgehead atoms. The Hall–Kier alpha value is -3.24. The van der Waals surface area contributed by atoms with Crippen LogP contribution in [0.4, 0.5) is 10.1 Å². The lowest BCUT2D eigenvalue weighted by Crippen LogP contribution is -2.54. The SMILES string of the molecule is C#Cc1ccc(C=C2C(=O)NC(=S)N(c3ccccc3F)C2=O)o1. The minimum atomic E-state index is -0.757. The third kappa shape index (κ3) is 2.71. The fourth-order valence-corrected chi connectivity index (χ4v) is 2.43. The molecule has 3 rings (SSSR count). The van der Waals surface area contributed by atoms with Crippen molar-refractivity contribution in [1.29, 1.82) is 0 Å². The molecule has 2 amide bonds. The number of terminal acetylenes is 1. The number of nitrogens with one attached hydrogen (secondary N) is 1. The van der Waals surface area contributed by atoms with E-state index in [9.17, 15) is 14.0 Å². The zero-order valence-electron chi connectivity index (χ0n) is 12.1. The molecular formula is C17H9FN2O3S. The number of amides is 2. The minimum absolute atomic E-state index is 0.0536. The molecule has 1 fully saturated rings. The van der Waals surface area contributed by atoms with Crippen LogP contribution in [-0.4, -0.2) is 16.9 Å². The minimum Gasteiger partial charge on any atom is -0.448 e. The Kier molecular flexibility index (Phi) is 3.98. The lowest BCUT2D eigenvalue weighted by molar-refractivity contribution is -0.122. The molecule has 1 aromatic carbocycles. The van der Waals surface area contributed by atoms with E-state index >= 15 is 0 Å². The summed E-state index contributed by atoms with van der Waals surface area (Å²) in [7, 11) is 0. The van der Waals surface area contributed by atoms with E-state index in [0.29, 0.717) is 0 Å². The van der Waals surface area contributed by atoms with E-state index in [4.69, 9.17) is 23.1 Å². The van der Waals surface area contributed by atoms with E-state index in [1.54, 1.807) is 6.07 Å². The number of anilines is 1. The van der Waals surface area contributed by atoms with Gasteiger partial charge in [-0.15, -0.1) is 6.42 Å². The van der Waals surface area contributed by atoms with Crippen LogP contribution in [0.1, 0.15) is 11.5 Å². The van der Waals surface area contributed by atoms with Crippen molar-refractivity contribution in [3.05, 3.63) is 59.3 Å². The van der Waals surface area contributed by atoms with Gasteiger partial charge in [-0.25, -0.2) is 9.29 Å². The van der Waals surface area contributed by atoms with Crippen LogP contribution < -0.4 is 10.2 Å². The molecule has 0 radical (unpaired) electrons. The van der Waals surface area contributed by atoms with Gasteiger partial charge in [-0.2, -0.15) is 0 Å². The first-order valence-electron chi connectivity index (χ1n) is 6.73. The van der Waals surface area contributed by atoms with Crippen LogP contribution in [0.2, 0.25) is 0 Å². The first-order valence-corrected chi connectivity index (χ1v) is 7.14. The van der Waals surface area contributed by atoms with Crippen LogP contribution in [0.25, 0.3) is 6.08 Å². The molecule has 1 aliphatic heterocycles. The molecular weight excluding hydrogens is 331 g/mol. The van der Waals surface area contributed by atoms with Gasteiger partial charge in [-0.05, 0) is 48.5 Å². The molecule has 7 heteroatoms. The highest BCUT2D eigenvalue weighted by Crippen LogP contribution is 2.24. The predicted molar refractivity (Wildman–Crippen MR) is 89.2 cm³/mol. The fourth-order valence-electron chi connectivity index (χ4n) is 2.16. The van der Waals surface area contributed by atoms with Crippen molar-refractivity contribution in [1.82, 2.24) is 5.32 Å². The molecule has 1 aromatic heterocycles. The van der Waals surface area contributed by atoms with E-state index in [1.165, 1.54) is 36.4 Å². The number of nitrogens with zero attached hydrogens (tertiary/aromatic N) is 1. The van der Waals surface area contributed by atoms with E-state index in [0.717, 1.165) is 4.90 Å². The molecule has 0 unspecified atom stereocenters. The molecule has 5 nitrogen and oxygen atoms in total. The molecule has 118 valence electrons. The maximum atomic E-state index is 14.0. The summed E-state index contributed by atoms with van der Waals surface area (Å²) in [5.41, 5.74) is -0.299. The summed E-state index contributed by atoms with van der Waals surface area (Å²) in [6, 6.07) is 8.66. The second kappa shape index (κ2) is 6.10. The Balaban J connectivity index is 2.04. The summed E-state index contributed by atoms with van der Waals surface area (Å²) < 4.78 is 19.2. The van der Waals surface area contributed by atoms with Gasteiger partial charge in [0, 0.05) is 0 Å². The summed E-state index contributed by atoms with van der Waals surface area (Å²) in [4.78, 5) is 25.6. The zero-order chi connectivity index (χ0) is 17.3. The summed E-state index contributed by atoms with van der Waals surface area (Å²) in [5, 5.41) is 2.16. The van der Waals surface area contributed by atoms with Gasteiger partial charge in [0.15, 0.2) is 10.9 Å². The number of carbonyl (C=O) groups is 2. The third-order valence-corrected chi connectivity index (χ3v) is 3.54. The Bertz CT molecular complexity index is 939. The summed E-state index contributed by atoms with van der Waals surface area (Å²) in [6.07, 6.45) is 6.44. The van der Waals surface area contributed by atoms with E-state index in [2.05, 4.69) is 11.2 Å². The normalized spacial score (nSPS) is 16.2. The Labute approximate surface area is 141 Å². The first kappa shape index (κ1) is 15.6. The van der Waals surface area contributed by atoms with Crippen molar-refractivity contribution in [3.8, 4) is 12.3 Å². The highest BCUT2D eigenvalue weighted by molar-refractivity contribution is 7.80. The Morgan fingerprint density at radius 3 is 2.67 bits per heavy atom. The van der Waals surface area contributed by atoms with Crippen molar-refractivity contribution >= 4 is 40.9 Å². The molecule has 0 atom stereocenters. The zero-order valence-corrected chi connectivity index (χ0v) is 12.9. The lowest BCUT2D eigenvalue weighted by atomic mass is 10.1. The molecule has 24 heavy (non-hydrogen) atoms. The standard InChI is InChI=1S/C17H9FN2O3S/c1-2-10-7-8-11(23-10)9-12-15(21)19-17(24)20(16(12)22)14-6-4-3-5-13(14)18/h1,3-9H,(H,19,21,24). The van der Waals surface area contributed by atoms with Crippen molar-refractivity contribution in [2.75, 3.05) is 4.90 Å². The van der Waals surface area contributed by atoms with Gasteiger partial charge in [-0.3, -0.25) is 14.9 Å². The number of benzene rings is 1.